The number of unbranched alkanes of at least 4 members (excludes halogenated alkanes) is 3. The van der Waals surface area contributed by atoms with Crippen LogP contribution in [0.3, 0.4) is 0 Å². The molecule has 0 aromatic rings. The Morgan fingerprint density at radius 1 is 0.963 bits per heavy atom. The van der Waals surface area contributed by atoms with Crippen molar-refractivity contribution in [2.24, 2.45) is 11.8 Å². The summed E-state index contributed by atoms with van der Waals surface area (Å²) in [6.07, 6.45) is 20.0. The molecule has 1 rings (SSSR count). The first-order chi connectivity index (χ1) is 13.0. The maximum absolute atomic E-state index is 4.25. The van der Waals surface area contributed by atoms with Crippen LogP contribution in [0.15, 0.2) is 48.1 Å². The summed E-state index contributed by atoms with van der Waals surface area (Å²) in [5, 5.41) is 0. The molecular formula is C27H50. The highest BCUT2D eigenvalue weighted by Gasteiger charge is 2.27. The third-order valence-electron chi connectivity index (χ3n) is 5.16. The first-order valence-electron chi connectivity index (χ1n) is 11.6. The summed E-state index contributed by atoms with van der Waals surface area (Å²) >= 11 is 0. The Balaban J connectivity index is 0. The SMILES string of the molecule is C=C(/C=C(/C)C1CCCC1CCCC)CCCCC.C=C(C)/C=C\C.CC. The van der Waals surface area contributed by atoms with Gasteiger partial charge in [-0.05, 0) is 64.7 Å². The van der Waals surface area contributed by atoms with Crippen molar-refractivity contribution in [1.29, 1.82) is 0 Å². The molecule has 0 N–H and O–H groups in total. The maximum atomic E-state index is 4.25. The lowest BCUT2D eigenvalue weighted by Gasteiger charge is -2.20. The second-order valence-corrected chi connectivity index (χ2v) is 7.79. The molecule has 27 heavy (non-hydrogen) atoms. The van der Waals surface area contributed by atoms with E-state index in [2.05, 4.69) is 40.0 Å². The van der Waals surface area contributed by atoms with Crippen molar-refractivity contribution in [2.45, 2.75) is 113 Å². The molecule has 0 spiro atoms. The van der Waals surface area contributed by atoms with E-state index in [0.717, 1.165) is 17.4 Å². The van der Waals surface area contributed by atoms with E-state index in [9.17, 15) is 0 Å². The van der Waals surface area contributed by atoms with Crippen molar-refractivity contribution < 1.29 is 0 Å². The standard InChI is InChI=1S/C19H34.C6H10.C2H6/c1-5-7-9-11-16(3)15-17(4)19-14-10-13-18(19)12-8-6-2;1-4-5-6(2)3;1-2/h15,18-19H,3,5-14H2,1-2,4H3;4-5H,2H2,1,3H3;1-2H3/b17-15-;5-4-;. The van der Waals surface area contributed by atoms with Gasteiger partial charge in [-0.1, -0.05) is 108 Å². The van der Waals surface area contributed by atoms with Gasteiger partial charge in [-0.25, -0.2) is 0 Å². The topological polar surface area (TPSA) is 0 Å². The molecule has 0 aromatic carbocycles. The zero-order valence-corrected chi connectivity index (χ0v) is 19.9. The second-order valence-electron chi connectivity index (χ2n) is 7.79. The van der Waals surface area contributed by atoms with Crippen LogP contribution in [0.4, 0.5) is 0 Å². The number of rotatable bonds is 10. The summed E-state index contributed by atoms with van der Waals surface area (Å²) in [6.45, 7) is 22.8. The predicted octanol–water partition coefficient (Wildman–Crippen LogP) is 9.84. The molecule has 1 fully saturated rings. The van der Waals surface area contributed by atoms with Crippen molar-refractivity contribution in [1.82, 2.24) is 0 Å². The molecule has 0 bridgehead atoms. The number of allylic oxidation sites excluding steroid dienone is 6. The van der Waals surface area contributed by atoms with Crippen LogP contribution in [0.2, 0.25) is 0 Å². The van der Waals surface area contributed by atoms with Crippen LogP contribution >= 0.6 is 0 Å². The van der Waals surface area contributed by atoms with Gasteiger partial charge in [0.2, 0.25) is 0 Å². The van der Waals surface area contributed by atoms with Gasteiger partial charge >= 0.3 is 0 Å². The van der Waals surface area contributed by atoms with Crippen LogP contribution in [0.25, 0.3) is 0 Å². The van der Waals surface area contributed by atoms with Gasteiger partial charge in [-0.2, -0.15) is 0 Å². The van der Waals surface area contributed by atoms with Gasteiger partial charge in [-0.15, -0.1) is 0 Å². The van der Waals surface area contributed by atoms with Crippen LogP contribution in [0.1, 0.15) is 113 Å². The molecule has 0 saturated heterocycles. The molecule has 1 aliphatic carbocycles. The lowest BCUT2D eigenvalue weighted by Crippen LogP contribution is -2.09. The summed E-state index contributed by atoms with van der Waals surface area (Å²) in [4.78, 5) is 0. The Bertz CT molecular complexity index is 421. The van der Waals surface area contributed by atoms with Crippen LogP contribution in [0, 0.1) is 11.8 Å². The Kier molecular flexibility index (Phi) is 20.6. The van der Waals surface area contributed by atoms with Gasteiger partial charge in [0.15, 0.2) is 0 Å². The molecule has 2 unspecified atom stereocenters. The van der Waals surface area contributed by atoms with Crippen LogP contribution < -0.4 is 0 Å². The summed E-state index contributed by atoms with van der Waals surface area (Å²) in [5.74, 6) is 1.81. The molecule has 2 atom stereocenters. The summed E-state index contributed by atoms with van der Waals surface area (Å²) in [5.41, 5.74) is 4.07. The highest BCUT2D eigenvalue weighted by Crippen LogP contribution is 2.40. The minimum Gasteiger partial charge on any atom is -0.0961 e. The summed E-state index contributed by atoms with van der Waals surface area (Å²) in [7, 11) is 0. The van der Waals surface area contributed by atoms with Gasteiger partial charge < -0.3 is 0 Å². The van der Waals surface area contributed by atoms with E-state index < -0.39 is 0 Å². The lowest BCUT2D eigenvalue weighted by molar-refractivity contribution is 0.396. The van der Waals surface area contributed by atoms with Gasteiger partial charge in [-0.3, -0.25) is 0 Å². The molecule has 0 heterocycles. The molecule has 0 aromatic heterocycles. The highest BCUT2D eigenvalue weighted by atomic mass is 14.3. The minimum absolute atomic E-state index is 0.856. The van der Waals surface area contributed by atoms with Gasteiger partial charge in [0.1, 0.15) is 0 Å². The smallest absolute Gasteiger partial charge is 0.0174 e. The Labute approximate surface area is 172 Å². The monoisotopic (exact) mass is 374 g/mol. The van der Waals surface area contributed by atoms with Crippen molar-refractivity contribution in [3.8, 4) is 0 Å². The van der Waals surface area contributed by atoms with E-state index in [4.69, 9.17) is 0 Å². The lowest BCUT2D eigenvalue weighted by atomic mass is 9.85. The third-order valence-corrected chi connectivity index (χ3v) is 5.16. The van der Waals surface area contributed by atoms with Gasteiger partial charge in [0.05, 0.1) is 0 Å². The van der Waals surface area contributed by atoms with Gasteiger partial charge in [0, 0.05) is 0 Å². The quantitative estimate of drug-likeness (QED) is 0.263. The zero-order valence-electron chi connectivity index (χ0n) is 19.9. The van der Waals surface area contributed by atoms with Crippen LogP contribution in [0.5, 0.6) is 0 Å². The average Bonchev–Trinajstić information content (AvgIpc) is 3.11. The molecule has 1 aliphatic rings. The molecule has 0 nitrogen and oxygen atoms in total. The molecular weight excluding hydrogens is 324 g/mol. The molecule has 0 radical (unpaired) electrons. The summed E-state index contributed by atoms with van der Waals surface area (Å²) in [6, 6.07) is 0. The van der Waals surface area contributed by atoms with E-state index in [1.54, 1.807) is 5.57 Å². The zero-order chi connectivity index (χ0) is 21.1. The Hall–Kier alpha value is -1.04. The second kappa shape index (κ2) is 19.7. The number of hydrogen-bond acceptors (Lipinski definition) is 0. The minimum atomic E-state index is 0.856. The molecule has 0 heteroatoms. The van der Waals surface area contributed by atoms with E-state index in [0.29, 0.717) is 0 Å². The van der Waals surface area contributed by atoms with E-state index >= 15 is 0 Å². The first-order valence-corrected chi connectivity index (χ1v) is 11.6. The van der Waals surface area contributed by atoms with Crippen molar-refractivity contribution in [2.75, 3.05) is 0 Å². The highest BCUT2D eigenvalue weighted by molar-refractivity contribution is 5.22. The van der Waals surface area contributed by atoms with E-state index in [-0.39, 0.29) is 0 Å². The van der Waals surface area contributed by atoms with Crippen molar-refractivity contribution in [3.05, 3.63) is 48.1 Å². The largest absolute Gasteiger partial charge is 0.0961 e. The third kappa shape index (κ3) is 15.7. The molecule has 0 amide bonds. The fraction of sp³-hybridized carbons (Fsp3) is 0.704. The van der Waals surface area contributed by atoms with Crippen molar-refractivity contribution in [3.63, 3.8) is 0 Å². The van der Waals surface area contributed by atoms with E-state index in [1.807, 2.05) is 39.8 Å². The molecule has 0 aliphatic heterocycles. The van der Waals surface area contributed by atoms with E-state index in [1.165, 1.54) is 69.8 Å². The Morgan fingerprint density at radius 3 is 2.07 bits per heavy atom. The molecule has 1 saturated carbocycles. The molecule has 158 valence electrons. The Morgan fingerprint density at radius 2 is 1.59 bits per heavy atom. The predicted molar refractivity (Wildman–Crippen MR) is 128 cm³/mol. The van der Waals surface area contributed by atoms with Crippen LogP contribution in [-0.2, 0) is 0 Å². The fourth-order valence-corrected chi connectivity index (χ4v) is 3.84. The maximum Gasteiger partial charge on any atom is -0.0174 e. The summed E-state index contributed by atoms with van der Waals surface area (Å²) < 4.78 is 0. The normalized spacial score (nSPS) is 19.1. The fourth-order valence-electron chi connectivity index (χ4n) is 3.84. The first kappa shape index (κ1) is 28.2. The number of hydrogen-bond donors (Lipinski definition) is 0. The van der Waals surface area contributed by atoms with Crippen LogP contribution in [-0.4, -0.2) is 0 Å². The average molecular weight is 375 g/mol. The van der Waals surface area contributed by atoms with Crippen molar-refractivity contribution >= 4 is 0 Å². The van der Waals surface area contributed by atoms with Gasteiger partial charge in [0.25, 0.3) is 0 Å².